The fraction of sp³-hybridized carbons (Fsp3) is 0.316. The zero-order valence-electron chi connectivity index (χ0n) is 16.2. The molecule has 2 rings (SSSR count). The molecule has 0 bridgehead atoms. The predicted molar refractivity (Wildman–Crippen MR) is 116 cm³/mol. The number of hydrogen-bond donors (Lipinski definition) is 1. The van der Waals surface area contributed by atoms with Crippen LogP contribution < -0.4 is 19.1 Å². The average Bonchev–Trinajstić information content (AvgIpc) is 2.65. The number of carbonyl (C=O) groups excluding carboxylic acids is 1. The van der Waals surface area contributed by atoms with Gasteiger partial charge in [0.05, 0.1) is 36.9 Å². The summed E-state index contributed by atoms with van der Waals surface area (Å²) < 4.78 is 35.9. The minimum Gasteiger partial charge on any atom is -0.495 e. The molecule has 0 saturated carbocycles. The number of amides is 1. The monoisotopic (exact) mass is 460 g/mol. The minimum atomic E-state index is -3.52. The number of nitrogens with zero attached hydrogens (tertiary/aromatic N) is 1. The summed E-state index contributed by atoms with van der Waals surface area (Å²) in [5, 5.41) is 3.52. The molecule has 158 valence electrons. The number of sulfonamides is 1. The van der Waals surface area contributed by atoms with E-state index in [1.807, 2.05) is 0 Å². The van der Waals surface area contributed by atoms with Gasteiger partial charge in [0.25, 0.3) is 0 Å². The maximum absolute atomic E-state index is 12.4. The van der Waals surface area contributed by atoms with Crippen LogP contribution in [0.15, 0.2) is 36.4 Å². The molecule has 7 nitrogen and oxygen atoms in total. The summed E-state index contributed by atoms with van der Waals surface area (Å²) in [6.45, 7) is 0.133. The number of hydrogen-bond acceptors (Lipinski definition) is 5. The molecule has 2 aromatic rings. The van der Waals surface area contributed by atoms with Crippen molar-refractivity contribution in [2.75, 3.05) is 36.6 Å². The average molecular weight is 461 g/mol. The molecule has 0 heterocycles. The number of methoxy groups -OCH3 is 2. The number of benzene rings is 2. The maximum atomic E-state index is 12.4. The van der Waals surface area contributed by atoms with Gasteiger partial charge in [0.15, 0.2) is 0 Å². The first-order chi connectivity index (χ1) is 13.7. The van der Waals surface area contributed by atoms with Crippen LogP contribution in [-0.2, 0) is 14.8 Å². The van der Waals surface area contributed by atoms with Crippen LogP contribution in [0.4, 0.5) is 11.4 Å². The van der Waals surface area contributed by atoms with Crippen LogP contribution >= 0.6 is 23.2 Å². The van der Waals surface area contributed by atoms with E-state index < -0.39 is 10.0 Å². The highest BCUT2D eigenvalue weighted by molar-refractivity contribution is 7.92. The van der Waals surface area contributed by atoms with Gasteiger partial charge in [-0.15, -0.1) is 0 Å². The first kappa shape index (κ1) is 23.1. The minimum absolute atomic E-state index is 0.0979. The van der Waals surface area contributed by atoms with Crippen molar-refractivity contribution < 1.29 is 22.7 Å². The van der Waals surface area contributed by atoms with Crippen molar-refractivity contribution in [2.24, 2.45) is 0 Å². The Balaban J connectivity index is 2.05. The Bertz CT molecular complexity index is 983. The molecule has 0 atom stereocenters. The first-order valence-electron chi connectivity index (χ1n) is 8.60. The highest BCUT2D eigenvalue weighted by Gasteiger charge is 2.18. The summed E-state index contributed by atoms with van der Waals surface area (Å²) in [6, 6.07) is 9.65. The van der Waals surface area contributed by atoms with Crippen LogP contribution in [0.3, 0.4) is 0 Å². The fourth-order valence-corrected chi connectivity index (χ4v) is 4.04. The lowest BCUT2D eigenvalue weighted by Gasteiger charge is -2.22. The Kier molecular flexibility index (Phi) is 8.01. The summed E-state index contributed by atoms with van der Waals surface area (Å²) in [6.07, 6.45) is 1.51. The molecule has 1 N–H and O–H groups in total. The van der Waals surface area contributed by atoms with Crippen molar-refractivity contribution in [3.63, 3.8) is 0 Å². The zero-order chi connectivity index (χ0) is 21.6. The largest absolute Gasteiger partial charge is 0.495 e. The van der Waals surface area contributed by atoms with Crippen molar-refractivity contribution in [3.8, 4) is 11.5 Å². The molecular formula is C19H22Cl2N2O5S. The summed E-state index contributed by atoms with van der Waals surface area (Å²) in [7, 11) is -0.596. The van der Waals surface area contributed by atoms with E-state index in [0.29, 0.717) is 39.3 Å². The Labute approximate surface area is 180 Å². The van der Waals surface area contributed by atoms with Gasteiger partial charge in [0.2, 0.25) is 15.9 Å². The fourth-order valence-electron chi connectivity index (χ4n) is 2.67. The Morgan fingerprint density at radius 1 is 1.10 bits per heavy atom. The van der Waals surface area contributed by atoms with Crippen LogP contribution in [0.2, 0.25) is 10.0 Å². The van der Waals surface area contributed by atoms with E-state index in [0.717, 1.165) is 6.26 Å². The zero-order valence-corrected chi connectivity index (χ0v) is 18.6. The second kappa shape index (κ2) is 10.0. The molecule has 0 radical (unpaired) electrons. The molecule has 0 aromatic heterocycles. The predicted octanol–water partition coefficient (Wildman–Crippen LogP) is 4.20. The summed E-state index contributed by atoms with van der Waals surface area (Å²) in [5.74, 6) is 0.486. The Hall–Kier alpha value is -2.16. The van der Waals surface area contributed by atoms with Gasteiger partial charge in [-0.05, 0) is 24.6 Å². The van der Waals surface area contributed by atoms with Gasteiger partial charge >= 0.3 is 0 Å². The van der Waals surface area contributed by atoms with Gasteiger partial charge in [0.1, 0.15) is 11.5 Å². The van der Waals surface area contributed by atoms with Crippen LogP contribution in [0.25, 0.3) is 0 Å². The van der Waals surface area contributed by atoms with E-state index in [2.05, 4.69) is 5.32 Å². The lowest BCUT2D eigenvalue weighted by Crippen LogP contribution is -2.31. The van der Waals surface area contributed by atoms with Gasteiger partial charge in [-0.3, -0.25) is 9.10 Å². The van der Waals surface area contributed by atoms with E-state index in [9.17, 15) is 13.2 Å². The molecule has 29 heavy (non-hydrogen) atoms. The third kappa shape index (κ3) is 6.42. The maximum Gasteiger partial charge on any atom is 0.232 e. The summed E-state index contributed by atoms with van der Waals surface area (Å²) >= 11 is 12.0. The highest BCUT2D eigenvalue weighted by atomic mass is 35.5. The number of halogens is 2. The lowest BCUT2D eigenvalue weighted by atomic mass is 10.2. The molecule has 2 aromatic carbocycles. The van der Waals surface area contributed by atoms with Crippen LogP contribution in [-0.4, -0.2) is 41.3 Å². The molecular weight excluding hydrogens is 439 g/mol. The van der Waals surface area contributed by atoms with Crippen LogP contribution in [0, 0.1) is 0 Å². The standard InChI is InChI=1S/C19H22Cl2N2O5S/c1-27-17-12-16(18(28-2)11-15(17)21)22-19(24)8-5-9-23(29(3,25)26)14-7-4-6-13(20)10-14/h4,6-7,10-12H,5,8-9H2,1-3H3,(H,22,24). The van der Waals surface area contributed by atoms with E-state index in [4.69, 9.17) is 32.7 Å². The van der Waals surface area contributed by atoms with Gasteiger partial charge in [0, 0.05) is 30.1 Å². The van der Waals surface area contributed by atoms with Gasteiger partial charge in [-0.25, -0.2) is 8.42 Å². The van der Waals surface area contributed by atoms with E-state index in [1.54, 1.807) is 36.4 Å². The highest BCUT2D eigenvalue weighted by Crippen LogP contribution is 2.36. The van der Waals surface area contributed by atoms with Crippen LogP contribution in [0.1, 0.15) is 12.8 Å². The molecule has 0 aliphatic rings. The third-order valence-electron chi connectivity index (χ3n) is 4.01. The summed E-state index contributed by atoms with van der Waals surface area (Å²) in [4.78, 5) is 12.4. The SMILES string of the molecule is COc1cc(NC(=O)CCCN(c2cccc(Cl)c2)S(C)(=O)=O)c(OC)cc1Cl. The molecule has 0 fully saturated rings. The van der Waals surface area contributed by atoms with E-state index >= 15 is 0 Å². The molecule has 0 aliphatic carbocycles. The van der Waals surface area contributed by atoms with Crippen molar-refractivity contribution >= 4 is 50.5 Å². The normalized spacial score (nSPS) is 11.1. The van der Waals surface area contributed by atoms with Crippen LogP contribution in [0.5, 0.6) is 11.5 Å². The first-order valence-corrected chi connectivity index (χ1v) is 11.2. The topological polar surface area (TPSA) is 84.9 Å². The number of ether oxygens (including phenoxy) is 2. The Morgan fingerprint density at radius 3 is 2.38 bits per heavy atom. The lowest BCUT2D eigenvalue weighted by molar-refractivity contribution is -0.116. The molecule has 1 amide bonds. The summed E-state index contributed by atoms with van der Waals surface area (Å²) in [5.41, 5.74) is 0.859. The van der Waals surface area contributed by atoms with E-state index in [1.165, 1.54) is 18.5 Å². The molecule has 0 saturated heterocycles. The number of rotatable bonds is 9. The van der Waals surface area contributed by atoms with Crippen molar-refractivity contribution in [1.29, 1.82) is 0 Å². The number of anilines is 2. The number of nitrogens with one attached hydrogen (secondary N) is 1. The van der Waals surface area contributed by atoms with Crippen molar-refractivity contribution in [2.45, 2.75) is 12.8 Å². The molecule has 0 unspecified atom stereocenters. The third-order valence-corrected chi connectivity index (χ3v) is 5.73. The molecule has 0 aliphatic heterocycles. The number of carbonyl (C=O) groups is 1. The van der Waals surface area contributed by atoms with Gasteiger partial charge < -0.3 is 14.8 Å². The Morgan fingerprint density at radius 2 is 1.79 bits per heavy atom. The molecule has 0 spiro atoms. The van der Waals surface area contributed by atoms with Gasteiger partial charge in [-0.1, -0.05) is 29.3 Å². The molecule has 10 heteroatoms. The van der Waals surface area contributed by atoms with Crippen molar-refractivity contribution in [3.05, 3.63) is 46.4 Å². The van der Waals surface area contributed by atoms with Crippen molar-refractivity contribution in [1.82, 2.24) is 0 Å². The quantitative estimate of drug-likeness (QED) is 0.605. The van der Waals surface area contributed by atoms with E-state index in [-0.39, 0.29) is 18.9 Å². The second-order valence-corrected chi connectivity index (χ2v) is 8.90. The van der Waals surface area contributed by atoms with Gasteiger partial charge in [-0.2, -0.15) is 0 Å². The smallest absolute Gasteiger partial charge is 0.232 e. The second-order valence-electron chi connectivity index (χ2n) is 6.15.